The number of para-hydroxylation sites is 1. The number of rotatable bonds is 6. The lowest BCUT2D eigenvalue weighted by atomic mass is 9.99. The molecule has 9 nitrogen and oxygen atoms in total. The van der Waals surface area contributed by atoms with E-state index in [1.54, 1.807) is 37.3 Å². The second-order valence-corrected chi connectivity index (χ2v) is 8.24. The minimum Gasteiger partial charge on any atom is -0.466 e. The number of benzene rings is 1. The quantitative estimate of drug-likeness (QED) is 0.659. The molecule has 4 rings (SSSR count). The zero-order chi connectivity index (χ0) is 22.0. The summed E-state index contributed by atoms with van der Waals surface area (Å²) < 4.78 is 5.35. The third kappa shape index (κ3) is 4.43. The Hall–Kier alpha value is -2.88. The van der Waals surface area contributed by atoms with E-state index in [4.69, 9.17) is 16.0 Å². The number of carbonyl (C=O) groups excluding carboxylic acids is 3. The highest BCUT2D eigenvalue weighted by molar-refractivity contribution is 6.33. The van der Waals surface area contributed by atoms with E-state index in [0.717, 1.165) is 0 Å². The van der Waals surface area contributed by atoms with Crippen LogP contribution in [0.15, 0.2) is 47.1 Å². The molecule has 0 radical (unpaired) electrons. The molecule has 0 saturated carbocycles. The van der Waals surface area contributed by atoms with Crippen molar-refractivity contribution in [3.8, 4) is 0 Å². The fraction of sp³-hybridized carbons (Fsp3) is 0.381. The van der Waals surface area contributed by atoms with Crippen LogP contribution in [0.2, 0.25) is 5.02 Å². The molecule has 2 fully saturated rings. The van der Waals surface area contributed by atoms with Crippen molar-refractivity contribution in [2.45, 2.75) is 12.5 Å². The summed E-state index contributed by atoms with van der Waals surface area (Å²) in [6.45, 7) is 4.65. The van der Waals surface area contributed by atoms with E-state index in [2.05, 4.69) is 10.6 Å². The Morgan fingerprint density at radius 3 is 2.52 bits per heavy atom. The van der Waals surface area contributed by atoms with Gasteiger partial charge in [-0.1, -0.05) is 23.7 Å². The second-order valence-electron chi connectivity index (χ2n) is 7.83. The molecule has 2 aromatic rings. The van der Waals surface area contributed by atoms with E-state index in [9.17, 15) is 14.4 Å². The molecule has 0 aliphatic carbocycles. The van der Waals surface area contributed by atoms with Gasteiger partial charge in [0.1, 0.15) is 5.76 Å². The van der Waals surface area contributed by atoms with Crippen molar-refractivity contribution in [3.63, 3.8) is 0 Å². The van der Waals surface area contributed by atoms with Gasteiger partial charge in [0.25, 0.3) is 5.91 Å². The standard InChI is InChI=1S/C21H24ClN5O4/c1-21(17-7-4-12-31-17)19(29)27(20(30)24-21)14-26-10-8-25(9-11-26)13-18(28)23-16-6-3-2-5-15(16)22/h2-7,12H,8-11,13-14H2,1H3,(H,23,28)(H,24,30)/t21-/m0/s1. The van der Waals surface area contributed by atoms with E-state index in [0.29, 0.717) is 42.6 Å². The predicted molar refractivity (Wildman–Crippen MR) is 114 cm³/mol. The Morgan fingerprint density at radius 1 is 1.13 bits per heavy atom. The van der Waals surface area contributed by atoms with Gasteiger partial charge in [-0.3, -0.25) is 19.4 Å². The van der Waals surface area contributed by atoms with E-state index in [1.165, 1.54) is 11.2 Å². The smallest absolute Gasteiger partial charge is 0.326 e. The van der Waals surface area contributed by atoms with Crippen LogP contribution in [0.3, 0.4) is 0 Å². The molecule has 2 aliphatic heterocycles. The van der Waals surface area contributed by atoms with Crippen molar-refractivity contribution < 1.29 is 18.8 Å². The number of hydrogen-bond donors (Lipinski definition) is 2. The molecule has 31 heavy (non-hydrogen) atoms. The van der Waals surface area contributed by atoms with Crippen molar-refractivity contribution >= 4 is 35.1 Å². The summed E-state index contributed by atoms with van der Waals surface area (Å²) in [6.07, 6.45) is 1.48. The lowest BCUT2D eigenvalue weighted by Crippen LogP contribution is -2.52. The van der Waals surface area contributed by atoms with Crippen LogP contribution in [0.1, 0.15) is 12.7 Å². The van der Waals surface area contributed by atoms with Gasteiger partial charge >= 0.3 is 6.03 Å². The molecular formula is C21H24ClN5O4. The summed E-state index contributed by atoms with van der Waals surface area (Å²) in [7, 11) is 0. The Kier molecular flexibility index (Phi) is 5.99. The number of amides is 4. The van der Waals surface area contributed by atoms with Crippen LogP contribution >= 0.6 is 11.6 Å². The molecule has 10 heteroatoms. The maximum absolute atomic E-state index is 12.9. The van der Waals surface area contributed by atoms with Crippen LogP contribution in [0.4, 0.5) is 10.5 Å². The Morgan fingerprint density at radius 2 is 1.84 bits per heavy atom. The third-order valence-corrected chi connectivity index (χ3v) is 5.94. The first kappa shape index (κ1) is 21.4. The lowest BCUT2D eigenvalue weighted by Gasteiger charge is -2.35. The highest BCUT2D eigenvalue weighted by Gasteiger charge is 2.51. The molecular weight excluding hydrogens is 422 g/mol. The highest BCUT2D eigenvalue weighted by Crippen LogP contribution is 2.29. The Balaban J connectivity index is 1.27. The monoisotopic (exact) mass is 445 g/mol. The van der Waals surface area contributed by atoms with Crippen molar-refractivity contribution in [2.75, 3.05) is 44.7 Å². The first-order chi connectivity index (χ1) is 14.9. The number of hydrogen-bond acceptors (Lipinski definition) is 6. The molecule has 2 saturated heterocycles. The molecule has 0 spiro atoms. The number of nitrogens with zero attached hydrogens (tertiary/aromatic N) is 3. The summed E-state index contributed by atoms with van der Waals surface area (Å²) in [5.74, 6) is -0.0680. The first-order valence-electron chi connectivity index (χ1n) is 10.0. The van der Waals surface area contributed by atoms with Gasteiger partial charge in [0.05, 0.1) is 30.2 Å². The van der Waals surface area contributed by atoms with Crippen LogP contribution in [-0.2, 0) is 15.1 Å². The molecule has 0 unspecified atom stereocenters. The maximum Gasteiger partial charge on any atom is 0.326 e. The second kappa shape index (κ2) is 8.70. The zero-order valence-electron chi connectivity index (χ0n) is 17.1. The lowest BCUT2D eigenvalue weighted by molar-refractivity contribution is -0.133. The number of nitrogens with one attached hydrogen (secondary N) is 2. The number of piperazine rings is 1. The molecule has 2 N–H and O–H groups in total. The zero-order valence-corrected chi connectivity index (χ0v) is 17.9. The van der Waals surface area contributed by atoms with E-state index in [-0.39, 0.29) is 25.0 Å². The van der Waals surface area contributed by atoms with Gasteiger partial charge in [-0.05, 0) is 31.2 Å². The number of imide groups is 1. The summed E-state index contributed by atoms with van der Waals surface area (Å²) in [5, 5.41) is 6.04. The predicted octanol–water partition coefficient (Wildman–Crippen LogP) is 1.91. The average Bonchev–Trinajstić information content (AvgIpc) is 3.36. The fourth-order valence-corrected chi connectivity index (χ4v) is 3.98. The Bertz CT molecular complexity index is 974. The van der Waals surface area contributed by atoms with Crippen molar-refractivity contribution in [1.82, 2.24) is 20.0 Å². The van der Waals surface area contributed by atoms with Crippen LogP contribution in [-0.4, -0.2) is 71.9 Å². The Labute approximate surface area is 184 Å². The first-order valence-corrected chi connectivity index (χ1v) is 10.4. The molecule has 1 atom stereocenters. The number of furan rings is 1. The normalized spacial score (nSPS) is 22.6. The van der Waals surface area contributed by atoms with Crippen molar-refractivity contribution in [1.29, 1.82) is 0 Å². The van der Waals surface area contributed by atoms with Gasteiger partial charge < -0.3 is 15.1 Å². The molecule has 3 heterocycles. The van der Waals surface area contributed by atoms with E-state index < -0.39 is 11.6 Å². The maximum atomic E-state index is 12.9. The minimum atomic E-state index is -1.20. The van der Waals surface area contributed by atoms with Crippen LogP contribution < -0.4 is 10.6 Å². The summed E-state index contributed by atoms with van der Waals surface area (Å²) in [5.41, 5.74) is -0.606. The molecule has 1 aromatic carbocycles. The van der Waals surface area contributed by atoms with Gasteiger partial charge in [-0.15, -0.1) is 0 Å². The average molecular weight is 446 g/mol. The molecule has 4 amide bonds. The van der Waals surface area contributed by atoms with Crippen LogP contribution in [0.25, 0.3) is 0 Å². The topological polar surface area (TPSA) is 98.1 Å². The minimum absolute atomic E-state index is 0.134. The van der Waals surface area contributed by atoms with Gasteiger partial charge in [0.2, 0.25) is 5.91 Å². The fourth-order valence-electron chi connectivity index (χ4n) is 3.80. The van der Waals surface area contributed by atoms with Gasteiger partial charge in [0, 0.05) is 26.2 Å². The number of carbonyl (C=O) groups is 3. The number of urea groups is 1. The molecule has 0 bridgehead atoms. The number of anilines is 1. The summed E-state index contributed by atoms with van der Waals surface area (Å²) in [4.78, 5) is 42.9. The van der Waals surface area contributed by atoms with Crippen LogP contribution in [0, 0.1) is 0 Å². The highest BCUT2D eigenvalue weighted by atomic mass is 35.5. The molecule has 164 valence electrons. The third-order valence-electron chi connectivity index (χ3n) is 5.61. The summed E-state index contributed by atoms with van der Waals surface area (Å²) >= 11 is 6.08. The van der Waals surface area contributed by atoms with Gasteiger partial charge in [-0.2, -0.15) is 0 Å². The summed E-state index contributed by atoms with van der Waals surface area (Å²) in [6, 6.07) is 10.0. The SMILES string of the molecule is C[C@@]1(c2ccco2)NC(=O)N(CN2CCN(CC(=O)Nc3ccccc3Cl)CC2)C1=O. The van der Waals surface area contributed by atoms with Crippen molar-refractivity contribution in [2.24, 2.45) is 0 Å². The molecule has 1 aromatic heterocycles. The van der Waals surface area contributed by atoms with E-state index in [1.807, 2.05) is 15.9 Å². The van der Waals surface area contributed by atoms with Crippen LogP contribution in [0.5, 0.6) is 0 Å². The van der Waals surface area contributed by atoms with Gasteiger partial charge in [0.15, 0.2) is 5.54 Å². The van der Waals surface area contributed by atoms with E-state index >= 15 is 0 Å². The molecule has 2 aliphatic rings. The van der Waals surface area contributed by atoms with Gasteiger partial charge in [-0.25, -0.2) is 9.69 Å². The largest absolute Gasteiger partial charge is 0.466 e. The van der Waals surface area contributed by atoms with Crippen molar-refractivity contribution in [3.05, 3.63) is 53.4 Å². The number of halogens is 1.